The van der Waals surface area contributed by atoms with Crippen molar-refractivity contribution >= 4 is 76.8 Å². The van der Waals surface area contributed by atoms with Gasteiger partial charge in [-0.1, -0.05) is 53.9 Å². The van der Waals surface area contributed by atoms with E-state index in [1.165, 1.54) is 39.8 Å². The number of carbonyl (C=O) groups excluding carboxylic acids is 12. The van der Waals surface area contributed by atoms with Gasteiger partial charge in [0.2, 0.25) is 70.9 Å². The molecule has 0 aromatic rings. The number of nitrogens with one attached hydrogen (secondary N) is 7. The van der Waals surface area contributed by atoms with Gasteiger partial charge in [-0.05, 0) is 64.2 Å². The number of carbonyl (C=O) groups is 12. The van der Waals surface area contributed by atoms with Crippen LogP contribution < -0.4 is 60.2 Å². The van der Waals surface area contributed by atoms with Gasteiger partial charge in [0.15, 0.2) is 5.96 Å². The topological polar surface area (TPSA) is 435 Å². The number of aliphatic imine (C=N–C) groups is 1. The fourth-order valence-corrected chi connectivity index (χ4v) is 7.95. The van der Waals surface area contributed by atoms with Crippen molar-refractivity contribution in [1.29, 1.82) is 0 Å². The molecule has 0 bridgehead atoms. The fraction of sp³-hybridized carbons (Fsp3) is 0.729. The molecule has 0 unspecified atom stereocenters. The molecular formula is C48H85N15O13. The minimum atomic E-state index is -1.70. The van der Waals surface area contributed by atoms with Gasteiger partial charge in [-0.3, -0.25) is 62.5 Å². The van der Waals surface area contributed by atoms with Crippen molar-refractivity contribution in [3.8, 4) is 0 Å². The van der Waals surface area contributed by atoms with Crippen molar-refractivity contribution in [2.24, 2.45) is 39.8 Å². The van der Waals surface area contributed by atoms with Gasteiger partial charge >= 0.3 is 0 Å². The van der Waals surface area contributed by atoms with Crippen LogP contribution in [0.2, 0.25) is 0 Å². The zero-order valence-electron chi connectivity index (χ0n) is 45.7. The minimum Gasteiger partial charge on any atom is -0.391 e. The molecule has 1 rings (SSSR count). The Morgan fingerprint density at radius 3 is 1.78 bits per heavy atom. The number of rotatable bonds is 33. The summed E-state index contributed by atoms with van der Waals surface area (Å²) < 4.78 is 0. The predicted molar refractivity (Wildman–Crippen MR) is 278 cm³/mol. The first-order valence-corrected chi connectivity index (χ1v) is 25.7. The number of hydrogen-bond donors (Lipinski definition) is 12. The highest BCUT2D eigenvalue weighted by Crippen LogP contribution is 2.21. The van der Waals surface area contributed by atoms with Crippen LogP contribution in [0, 0.1) is 11.8 Å². The Kier molecular flexibility index (Phi) is 29.1. The van der Waals surface area contributed by atoms with Gasteiger partial charge in [-0.25, -0.2) is 0 Å². The average Bonchev–Trinajstić information content (AvgIpc) is 3.86. The highest BCUT2D eigenvalue weighted by molar-refractivity contribution is 5.99. The Morgan fingerprint density at radius 2 is 1.26 bits per heavy atom. The number of likely N-dealkylation sites (N-methyl/N-ethyl adjacent to an activating group) is 2. The summed E-state index contributed by atoms with van der Waals surface area (Å²) >= 11 is 0. The van der Waals surface area contributed by atoms with Crippen molar-refractivity contribution in [1.82, 2.24) is 51.9 Å². The van der Waals surface area contributed by atoms with E-state index < -0.39 is 144 Å². The second-order valence-electron chi connectivity index (χ2n) is 19.3. The molecule has 430 valence electrons. The summed E-state index contributed by atoms with van der Waals surface area (Å²) in [5.41, 5.74) is 21.7. The predicted octanol–water partition coefficient (Wildman–Crippen LogP) is -4.59. The zero-order chi connectivity index (χ0) is 58.1. The van der Waals surface area contributed by atoms with Crippen LogP contribution in [-0.2, 0) is 57.5 Å². The number of guanidine groups is 1. The van der Waals surface area contributed by atoms with E-state index in [1.54, 1.807) is 34.6 Å². The van der Waals surface area contributed by atoms with Crippen LogP contribution in [-0.4, -0.2) is 191 Å². The van der Waals surface area contributed by atoms with E-state index in [2.05, 4.69) is 42.2 Å². The molecule has 0 radical (unpaired) electrons. The van der Waals surface area contributed by atoms with Gasteiger partial charge in [-0.2, -0.15) is 0 Å². The molecule has 1 aliphatic rings. The number of likely N-dealkylation sites (tertiary alicyclic amines) is 1. The molecule has 0 aromatic heterocycles. The van der Waals surface area contributed by atoms with Gasteiger partial charge < -0.3 is 80.0 Å². The maximum absolute atomic E-state index is 14.4. The smallest absolute Gasteiger partial charge is 0.248 e. The van der Waals surface area contributed by atoms with E-state index in [4.69, 9.17) is 22.9 Å². The Labute approximate surface area is 444 Å². The lowest BCUT2D eigenvalue weighted by Crippen LogP contribution is -2.63. The third-order valence-corrected chi connectivity index (χ3v) is 13.2. The van der Waals surface area contributed by atoms with Crippen LogP contribution in [0.5, 0.6) is 0 Å². The quantitative estimate of drug-likeness (QED) is 0.0167. The highest BCUT2D eigenvalue weighted by atomic mass is 16.3. The van der Waals surface area contributed by atoms with Crippen LogP contribution in [0.15, 0.2) is 4.99 Å². The number of aliphatic hydroxyl groups is 1. The van der Waals surface area contributed by atoms with Crippen molar-refractivity contribution < 1.29 is 62.6 Å². The molecule has 76 heavy (non-hydrogen) atoms. The second-order valence-corrected chi connectivity index (χ2v) is 19.3. The molecule has 1 saturated heterocycles. The van der Waals surface area contributed by atoms with E-state index in [0.717, 1.165) is 9.80 Å². The van der Waals surface area contributed by atoms with Crippen LogP contribution in [0.25, 0.3) is 0 Å². The van der Waals surface area contributed by atoms with E-state index >= 15 is 0 Å². The maximum Gasteiger partial charge on any atom is 0.248 e. The number of aliphatic hydroxyl groups excluding tert-OH is 1. The fourth-order valence-electron chi connectivity index (χ4n) is 7.95. The maximum atomic E-state index is 14.4. The van der Waals surface area contributed by atoms with Crippen LogP contribution in [0.4, 0.5) is 0 Å². The molecule has 28 heteroatoms. The van der Waals surface area contributed by atoms with Crippen molar-refractivity contribution in [3.63, 3.8) is 0 Å². The normalized spacial score (nSPS) is 16.9. The van der Waals surface area contributed by atoms with E-state index in [-0.39, 0.29) is 64.1 Å². The number of hydrogen-bond acceptors (Lipinski definition) is 14. The van der Waals surface area contributed by atoms with Gasteiger partial charge in [-0.15, -0.1) is 0 Å². The Balaban J connectivity index is 3.45. The number of nitrogens with zero attached hydrogens (tertiary/aromatic N) is 4. The zero-order valence-corrected chi connectivity index (χ0v) is 45.7. The van der Waals surface area contributed by atoms with Crippen molar-refractivity contribution in [2.75, 3.05) is 40.3 Å². The van der Waals surface area contributed by atoms with Crippen molar-refractivity contribution in [3.05, 3.63) is 0 Å². The molecule has 1 fully saturated rings. The SMILES string of the molecule is CCC[C@@H](C(=O)N[C@H](C(=O)N[C@@H](CCCN=C(N)N)C(=O)N1CCC[C@H]1C(=O)N[C@H](C)C(N)=O)[C@@H](C)CC)N(C)C(=O)[C@@H](NC(=O)[C@H](NC(=O)[C@H](CCC(N)=O)NC(=O)CNC(=O)CN(C)C(C)=O)[C@@H](C)CC)[C@@H](C)O. The monoisotopic (exact) mass is 1080 g/mol. The summed E-state index contributed by atoms with van der Waals surface area (Å²) in [7, 11) is 2.66. The molecule has 0 saturated carbocycles. The van der Waals surface area contributed by atoms with E-state index in [9.17, 15) is 62.6 Å². The summed E-state index contributed by atoms with van der Waals surface area (Å²) in [6.07, 6.45) is -0.219. The van der Waals surface area contributed by atoms with Crippen LogP contribution in [0.1, 0.15) is 120 Å². The Bertz CT molecular complexity index is 2090. The van der Waals surface area contributed by atoms with Crippen LogP contribution >= 0.6 is 0 Å². The van der Waals surface area contributed by atoms with Crippen molar-refractivity contribution in [2.45, 2.75) is 174 Å². The molecule has 1 heterocycles. The standard InChI is InChI=1S/C48H85N15O13/c1-11-16-32(42(71)59-37(25(4)12-2)44(73)57-31(17-14-21-53-48(51)52)46(75)63-22-15-18-33(63)43(72)55-27(6)40(50)69)62(10)47(76)39(28(7)64)60-45(74)38(26(5)13-3)58-41(70)30(19-20-34(49)66)56-35(67)23-54-36(68)24-61(9)29(8)65/h25-28,30-33,37-39,64H,11-24H2,1-10H3,(H2,49,66)(H2,50,69)(H,54,68)(H,55,72)(H,56,67)(H,57,73)(H,58,70)(H,59,71)(H,60,74)(H4,51,52,53)/t25-,26-,27+,28+,30-,31-,32-,33-,37-,38+,39-/m0/s1. The Hall–Kier alpha value is -7.13. The lowest BCUT2D eigenvalue weighted by molar-refractivity contribution is -0.146. The summed E-state index contributed by atoms with van der Waals surface area (Å²) in [5, 5.41) is 28.8. The molecule has 1 aliphatic heterocycles. The largest absolute Gasteiger partial charge is 0.391 e. The average molecular weight is 1080 g/mol. The second kappa shape index (κ2) is 33.0. The first kappa shape index (κ1) is 66.9. The number of amides is 12. The molecule has 0 aromatic carbocycles. The summed E-state index contributed by atoms with van der Waals surface area (Å²) in [6, 6.07) is -10.3. The third-order valence-electron chi connectivity index (χ3n) is 13.2. The van der Waals surface area contributed by atoms with Gasteiger partial charge in [0.1, 0.15) is 48.3 Å². The summed E-state index contributed by atoms with van der Waals surface area (Å²) in [5.74, 6) is -10.3. The third kappa shape index (κ3) is 22.0. The molecule has 0 spiro atoms. The van der Waals surface area contributed by atoms with E-state index in [1.807, 2.05) is 0 Å². The highest BCUT2D eigenvalue weighted by Gasteiger charge is 2.41. The number of primary amides is 2. The van der Waals surface area contributed by atoms with Crippen LogP contribution in [0.3, 0.4) is 0 Å². The lowest BCUT2D eigenvalue weighted by Gasteiger charge is -2.35. The van der Waals surface area contributed by atoms with E-state index in [0.29, 0.717) is 25.7 Å². The van der Waals surface area contributed by atoms with Gasteiger partial charge in [0.05, 0.1) is 19.2 Å². The first-order valence-electron chi connectivity index (χ1n) is 25.7. The van der Waals surface area contributed by atoms with Gasteiger partial charge in [0, 0.05) is 40.5 Å². The van der Waals surface area contributed by atoms with Gasteiger partial charge in [0.25, 0.3) is 0 Å². The first-order chi connectivity index (χ1) is 35.5. The molecule has 28 nitrogen and oxygen atoms in total. The Morgan fingerprint density at radius 1 is 0.697 bits per heavy atom. The molecule has 16 N–H and O–H groups in total. The molecule has 11 atom stereocenters. The number of nitrogens with two attached hydrogens (primary N) is 4. The minimum absolute atomic E-state index is 0.0191. The lowest BCUT2D eigenvalue weighted by atomic mass is 9.96. The molecular weight excluding hydrogens is 995 g/mol. The molecule has 12 amide bonds. The summed E-state index contributed by atoms with van der Waals surface area (Å²) in [6.45, 7) is 11.7. The summed E-state index contributed by atoms with van der Waals surface area (Å²) in [4.78, 5) is 166. The molecule has 0 aliphatic carbocycles.